The van der Waals surface area contributed by atoms with Crippen LogP contribution in [0.4, 0.5) is 0 Å². The van der Waals surface area contributed by atoms with E-state index in [-0.39, 0.29) is 0 Å². The van der Waals surface area contributed by atoms with Gasteiger partial charge in [-0.15, -0.1) is 0 Å². The number of aromatic nitrogens is 3. The highest BCUT2D eigenvalue weighted by Crippen LogP contribution is 2.57. The van der Waals surface area contributed by atoms with Crippen LogP contribution in [0.5, 0.6) is 0 Å². The fourth-order valence-electron chi connectivity index (χ4n) is 8.31. The van der Waals surface area contributed by atoms with Crippen LogP contribution in [0.1, 0.15) is 22.3 Å². The second-order valence-electron chi connectivity index (χ2n) is 14.0. The van der Waals surface area contributed by atoms with Gasteiger partial charge in [0.2, 0.25) is 0 Å². The Kier molecular flexibility index (Phi) is 8.04. The molecule has 0 atom stereocenters. The van der Waals surface area contributed by atoms with Gasteiger partial charge in [0.25, 0.3) is 0 Å². The van der Waals surface area contributed by atoms with Gasteiger partial charge in [0.15, 0.2) is 5.82 Å². The summed E-state index contributed by atoms with van der Waals surface area (Å²) in [5.41, 5.74) is 16.4. The zero-order valence-electron chi connectivity index (χ0n) is 30.0. The van der Waals surface area contributed by atoms with Crippen molar-refractivity contribution in [2.24, 2.45) is 0 Å². The predicted octanol–water partition coefficient (Wildman–Crippen LogP) is 12.6. The standard InChI is InChI=1S/C52H35N3/c1-5-13-39(14-6-1)49-35-50(40-15-7-2-8-16-40)55-51(54-49)42-26-28-48-46(34-42)45-33-41(37-23-21-36(22-24-37)38-29-31-53-32-30-38)25-27-47(45)52(48,43-17-9-3-10-18-43)44-19-11-4-12-20-44/h1-35H. The number of rotatable bonds is 7. The van der Waals surface area contributed by atoms with E-state index in [0.717, 1.165) is 33.6 Å². The molecule has 1 aliphatic rings. The van der Waals surface area contributed by atoms with E-state index in [1.807, 2.05) is 36.7 Å². The fraction of sp³-hybridized carbons (Fsp3) is 0.0192. The minimum atomic E-state index is -0.516. The number of fused-ring (bicyclic) bond motifs is 3. The van der Waals surface area contributed by atoms with E-state index in [4.69, 9.17) is 9.97 Å². The van der Waals surface area contributed by atoms with Crippen molar-refractivity contribution < 1.29 is 0 Å². The van der Waals surface area contributed by atoms with Gasteiger partial charge >= 0.3 is 0 Å². The maximum atomic E-state index is 5.22. The van der Waals surface area contributed by atoms with Crippen LogP contribution in [0.2, 0.25) is 0 Å². The van der Waals surface area contributed by atoms with Crippen LogP contribution < -0.4 is 0 Å². The number of pyridine rings is 1. The van der Waals surface area contributed by atoms with Gasteiger partial charge in [-0.25, -0.2) is 9.97 Å². The lowest BCUT2D eigenvalue weighted by atomic mass is 9.67. The Morgan fingerprint density at radius 2 is 0.709 bits per heavy atom. The average molecular weight is 702 g/mol. The Bertz CT molecular complexity index is 2670. The van der Waals surface area contributed by atoms with Crippen LogP contribution in [-0.2, 0) is 5.41 Å². The monoisotopic (exact) mass is 701 g/mol. The molecule has 1 aliphatic carbocycles. The van der Waals surface area contributed by atoms with Crippen molar-refractivity contribution in [2.45, 2.75) is 5.41 Å². The van der Waals surface area contributed by atoms with E-state index >= 15 is 0 Å². The van der Waals surface area contributed by atoms with Gasteiger partial charge in [-0.2, -0.15) is 0 Å². The summed E-state index contributed by atoms with van der Waals surface area (Å²) < 4.78 is 0. The van der Waals surface area contributed by atoms with Crippen LogP contribution in [0.25, 0.3) is 67.3 Å². The largest absolute Gasteiger partial charge is 0.265 e. The van der Waals surface area contributed by atoms with E-state index in [2.05, 4.69) is 181 Å². The minimum absolute atomic E-state index is 0.516. The van der Waals surface area contributed by atoms with E-state index < -0.39 is 5.41 Å². The fourth-order valence-corrected chi connectivity index (χ4v) is 8.31. The molecule has 0 aliphatic heterocycles. The molecule has 0 saturated heterocycles. The molecule has 9 aromatic rings. The van der Waals surface area contributed by atoms with Crippen LogP contribution in [0.15, 0.2) is 213 Å². The van der Waals surface area contributed by atoms with Crippen molar-refractivity contribution in [2.75, 3.05) is 0 Å². The Morgan fingerprint density at radius 3 is 1.22 bits per heavy atom. The first-order chi connectivity index (χ1) is 27.3. The molecule has 0 unspecified atom stereocenters. The van der Waals surface area contributed by atoms with Gasteiger partial charge < -0.3 is 0 Å². The SMILES string of the molecule is c1ccc(-c2cc(-c3ccccc3)nc(-c3ccc4c(c3)-c3cc(-c5ccc(-c6ccncc6)cc5)ccc3C4(c3ccccc3)c3ccccc3)n2)cc1. The Balaban J connectivity index is 1.19. The molecule has 10 rings (SSSR count). The molecule has 0 amide bonds. The molecule has 2 heterocycles. The summed E-state index contributed by atoms with van der Waals surface area (Å²) in [6.45, 7) is 0. The first-order valence-electron chi connectivity index (χ1n) is 18.7. The summed E-state index contributed by atoms with van der Waals surface area (Å²) in [6.07, 6.45) is 3.68. The van der Waals surface area contributed by atoms with Gasteiger partial charge in [0.05, 0.1) is 16.8 Å². The van der Waals surface area contributed by atoms with Crippen LogP contribution in [0, 0.1) is 0 Å². The van der Waals surface area contributed by atoms with Gasteiger partial charge in [0, 0.05) is 29.1 Å². The number of nitrogens with zero attached hydrogens (tertiary/aromatic N) is 3. The summed E-state index contributed by atoms with van der Waals surface area (Å²) in [7, 11) is 0. The highest BCUT2D eigenvalue weighted by Gasteiger charge is 2.46. The van der Waals surface area contributed by atoms with Gasteiger partial charge in [0.1, 0.15) is 0 Å². The first-order valence-corrected chi connectivity index (χ1v) is 18.7. The zero-order valence-corrected chi connectivity index (χ0v) is 30.0. The molecular formula is C52H35N3. The van der Waals surface area contributed by atoms with Crippen molar-refractivity contribution in [3.63, 3.8) is 0 Å². The van der Waals surface area contributed by atoms with Gasteiger partial charge in [-0.1, -0.05) is 170 Å². The summed E-state index contributed by atoms with van der Waals surface area (Å²) in [6, 6.07) is 71.5. The van der Waals surface area contributed by atoms with Crippen LogP contribution in [0.3, 0.4) is 0 Å². The second kappa shape index (κ2) is 13.6. The molecule has 0 spiro atoms. The number of hydrogen-bond acceptors (Lipinski definition) is 3. The molecular weight excluding hydrogens is 667 g/mol. The molecule has 2 aromatic heterocycles. The summed E-state index contributed by atoms with van der Waals surface area (Å²) in [4.78, 5) is 14.6. The lowest BCUT2D eigenvalue weighted by Gasteiger charge is -2.34. The van der Waals surface area contributed by atoms with E-state index in [1.54, 1.807) is 0 Å². The molecule has 0 N–H and O–H groups in total. The molecule has 55 heavy (non-hydrogen) atoms. The maximum Gasteiger partial charge on any atom is 0.160 e. The van der Waals surface area contributed by atoms with E-state index in [0.29, 0.717) is 5.82 Å². The van der Waals surface area contributed by atoms with Crippen LogP contribution in [-0.4, -0.2) is 15.0 Å². The predicted molar refractivity (Wildman–Crippen MR) is 224 cm³/mol. The maximum absolute atomic E-state index is 5.22. The topological polar surface area (TPSA) is 38.7 Å². The Hall–Kier alpha value is -7.23. The molecule has 7 aromatic carbocycles. The van der Waals surface area contributed by atoms with Crippen LogP contribution >= 0.6 is 0 Å². The molecule has 3 heteroatoms. The third kappa shape index (κ3) is 5.65. The zero-order chi connectivity index (χ0) is 36.6. The van der Waals surface area contributed by atoms with Crippen molar-refractivity contribution >= 4 is 0 Å². The first kappa shape index (κ1) is 32.4. The van der Waals surface area contributed by atoms with E-state index in [9.17, 15) is 0 Å². The van der Waals surface area contributed by atoms with Crippen molar-refractivity contribution in [3.8, 4) is 67.3 Å². The third-order valence-electron chi connectivity index (χ3n) is 10.9. The summed E-state index contributed by atoms with van der Waals surface area (Å²) >= 11 is 0. The highest BCUT2D eigenvalue weighted by molar-refractivity contribution is 5.91. The molecule has 0 bridgehead atoms. The molecule has 258 valence electrons. The van der Waals surface area contributed by atoms with Crippen molar-refractivity contribution in [3.05, 3.63) is 235 Å². The summed E-state index contributed by atoms with van der Waals surface area (Å²) in [5.74, 6) is 0.698. The molecule has 3 nitrogen and oxygen atoms in total. The Morgan fingerprint density at radius 1 is 0.309 bits per heavy atom. The lowest BCUT2D eigenvalue weighted by molar-refractivity contribution is 0.768. The smallest absolute Gasteiger partial charge is 0.160 e. The third-order valence-corrected chi connectivity index (χ3v) is 10.9. The second-order valence-corrected chi connectivity index (χ2v) is 14.0. The molecule has 0 radical (unpaired) electrons. The highest BCUT2D eigenvalue weighted by atomic mass is 14.9. The molecule has 0 saturated carbocycles. The minimum Gasteiger partial charge on any atom is -0.265 e. The lowest BCUT2D eigenvalue weighted by Crippen LogP contribution is -2.28. The average Bonchev–Trinajstić information content (AvgIpc) is 3.57. The van der Waals surface area contributed by atoms with Gasteiger partial charge in [-0.3, -0.25) is 4.98 Å². The van der Waals surface area contributed by atoms with Crippen molar-refractivity contribution in [1.82, 2.24) is 15.0 Å². The number of benzene rings is 7. The van der Waals surface area contributed by atoms with Crippen molar-refractivity contribution in [1.29, 1.82) is 0 Å². The summed E-state index contributed by atoms with van der Waals surface area (Å²) in [5, 5.41) is 0. The van der Waals surface area contributed by atoms with E-state index in [1.165, 1.54) is 50.1 Å². The quantitative estimate of drug-likeness (QED) is 0.166. The van der Waals surface area contributed by atoms with Gasteiger partial charge in [-0.05, 0) is 86.0 Å². The molecule has 0 fully saturated rings. The Labute approximate surface area is 321 Å². The number of hydrogen-bond donors (Lipinski definition) is 0. The normalized spacial score (nSPS) is 12.5.